The third-order valence-electron chi connectivity index (χ3n) is 9.05. The summed E-state index contributed by atoms with van der Waals surface area (Å²) in [5, 5.41) is 13.7. The number of carbonyl (C=O) groups excluding carboxylic acids is 2. The molecule has 0 saturated carbocycles. The summed E-state index contributed by atoms with van der Waals surface area (Å²) in [6.45, 7) is 10.1. The van der Waals surface area contributed by atoms with Gasteiger partial charge in [0.25, 0.3) is 0 Å². The van der Waals surface area contributed by atoms with Crippen molar-refractivity contribution in [2.24, 2.45) is 0 Å². The molecule has 0 bridgehead atoms. The summed E-state index contributed by atoms with van der Waals surface area (Å²) >= 11 is 14.2. The molecule has 2 aromatic carbocycles. The van der Waals surface area contributed by atoms with E-state index in [1.807, 2.05) is 75.4 Å². The summed E-state index contributed by atoms with van der Waals surface area (Å²) in [5.74, 6) is 1.06. The maximum atomic E-state index is 13.3. The quantitative estimate of drug-likeness (QED) is 0.170. The van der Waals surface area contributed by atoms with Crippen molar-refractivity contribution in [2.75, 3.05) is 33.4 Å². The molecule has 2 N–H and O–H groups in total. The Hall–Kier alpha value is -4.42. The Morgan fingerprint density at radius 3 is 2.60 bits per heavy atom. The molecule has 0 spiro atoms. The molecule has 6 rings (SSSR count). The molecule has 11 nitrogen and oxygen atoms in total. The van der Waals surface area contributed by atoms with Crippen LogP contribution in [-0.2, 0) is 22.6 Å². The lowest BCUT2D eigenvalue weighted by molar-refractivity contribution is -0.119. The molecule has 280 valence electrons. The zero-order valence-corrected chi connectivity index (χ0v) is 32.1. The van der Waals surface area contributed by atoms with Crippen LogP contribution in [0.4, 0.5) is 4.79 Å². The monoisotopic (exact) mass is 761 g/mol. The van der Waals surface area contributed by atoms with Crippen LogP contribution in [0.1, 0.15) is 51.7 Å². The number of carbonyl (C=O) groups is 2. The van der Waals surface area contributed by atoms with Gasteiger partial charge < -0.3 is 29.5 Å². The Labute approximate surface area is 320 Å². The highest BCUT2D eigenvalue weighted by atomic mass is 35.5. The first-order valence-electron chi connectivity index (χ1n) is 17.7. The lowest BCUT2D eigenvalue weighted by Crippen LogP contribution is -2.43. The number of aliphatic hydroxyl groups excluding tert-OH is 1. The number of hydrogen-bond donors (Lipinski definition) is 2. The predicted molar refractivity (Wildman–Crippen MR) is 205 cm³/mol. The molecule has 4 aromatic rings. The molecule has 2 aliphatic heterocycles. The van der Waals surface area contributed by atoms with Crippen molar-refractivity contribution in [2.45, 2.75) is 71.4 Å². The van der Waals surface area contributed by atoms with Gasteiger partial charge in [-0.3, -0.25) is 14.7 Å². The summed E-state index contributed by atoms with van der Waals surface area (Å²) < 4.78 is 17.5. The molecule has 0 aliphatic carbocycles. The Morgan fingerprint density at radius 1 is 1.11 bits per heavy atom. The van der Waals surface area contributed by atoms with Crippen LogP contribution in [0.3, 0.4) is 0 Å². The smallest absolute Gasteiger partial charge is 0.410 e. The zero-order valence-electron chi connectivity index (χ0n) is 30.6. The van der Waals surface area contributed by atoms with Crippen LogP contribution in [0.15, 0.2) is 60.8 Å². The molecule has 2 atom stereocenters. The van der Waals surface area contributed by atoms with Crippen molar-refractivity contribution < 1.29 is 28.9 Å². The second kappa shape index (κ2) is 16.3. The van der Waals surface area contributed by atoms with Gasteiger partial charge in [0.1, 0.15) is 18.0 Å². The summed E-state index contributed by atoms with van der Waals surface area (Å²) in [6, 6.07) is 17.0. The molecule has 2 aliphatic rings. The fourth-order valence-electron chi connectivity index (χ4n) is 6.62. The van der Waals surface area contributed by atoms with Crippen molar-refractivity contribution in [3.63, 3.8) is 0 Å². The van der Waals surface area contributed by atoms with Crippen LogP contribution in [0.25, 0.3) is 33.6 Å². The van der Waals surface area contributed by atoms with E-state index in [1.54, 1.807) is 18.0 Å². The number of ether oxygens (including phenoxy) is 3. The predicted octanol–water partition coefficient (Wildman–Crippen LogP) is 7.38. The van der Waals surface area contributed by atoms with Gasteiger partial charge in [-0.25, -0.2) is 9.78 Å². The molecule has 1 unspecified atom stereocenters. The normalized spacial score (nSPS) is 16.6. The van der Waals surface area contributed by atoms with Crippen LogP contribution in [-0.4, -0.2) is 88.0 Å². The molecule has 0 radical (unpaired) electrons. The van der Waals surface area contributed by atoms with E-state index in [9.17, 15) is 14.7 Å². The number of β-amino-alcohol motifs (C(OH)–C–C–N with tert-alkyl or cyclic N) is 1. The Bertz CT molecular complexity index is 1980. The van der Waals surface area contributed by atoms with Crippen LogP contribution in [0.2, 0.25) is 10.0 Å². The van der Waals surface area contributed by atoms with Gasteiger partial charge >= 0.3 is 6.09 Å². The van der Waals surface area contributed by atoms with Gasteiger partial charge in [0, 0.05) is 78.2 Å². The van der Waals surface area contributed by atoms with Gasteiger partial charge in [0.15, 0.2) is 0 Å². The van der Waals surface area contributed by atoms with Gasteiger partial charge in [-0.1, -0.05) is 53.5 Å². The van der Waals surface area contributed by atoms with Gasteiger partial charge in [-0.2, -0.15) is 0 Å². The highest BCUT2D eigenvalue weighted by Crippen LogP contribution is 2.42. The lowest BCUT2D eigenvalue weighted by Gasteiger charge is -2.29. The van der Waals surface area contributed by atoms with Crippen molar-refractivity contribution in [1.82, 2.24) is 25.1 Å². The van der Waals surface area contributed by atoms with Gasteiger partial charge in [0.05, 0.1) is 41.2 Å². The topological polar surface area (TPSA) is 126 Å². The maximum absolute atomic E-state index is 13.3. The van der Waals surface area contributed by atoms with E-state index < -0.39 is 17.8 Å². The van der Waals surface area contributed by atoms with E-state index in [-0.39, 0.29) is 25.0 Å². The summed E-state index contributed by atoms with van der Waals surface area (Å²) in [7, 11) is 1.53. The fourth-order valence-corrected chi connectivity index (χ4v) is 7.27. The van der Waals surface area contributed by atoms with E-state index in [1.165, 1.54) is 7.11 Å². The second-order valence-electron chi connectivity index (χ2n) is 14.5. The number of methoxy groups -OCH3 is 1. The number of nitrogens with zero attached hydrogens (tertiary/aromatic N) is 4. The number of aromatic nitrogens is 2. The average Bonchev–Trinajstić information content (AvgIpc) is 3.41. The Kier molecular flexibility index (Phi) is 11.8. The van der Waals surface area contributed by atoms with Gasteiger partial charge in [0.2, 0.25) is 11.8 Å². The van der Waals surface area contributed by atoms with E-state index in [0.717, 1.165) is 16.9 Å². The average molecular weight is 763 g/mol. The van der Waals surface area contributed by atoms with Gasteiger partial charge in [-0.15, -0.1) is 0 Å². The first-order valence-corrected chi connectivity index (χ1v) is 18.5. The molecular formula is C40H45Cl2N5O6. The lowest BCUT2D eigenvalue weighted by atomic mass is 9.99. The van der Waals surface area contributed by atoms with E-state index in [4.69, 9.17) is 42.4 Å². The van der Waals surface area contributed by atoms with E-state index in [0.29, 0.717) is 88.6 Å². The molecule has 1 fully saturated rings. The third-order valence-corrected chi connectivity index (χ3v) is 9.84. The van der Waals surface area contributed by atoms with Crippen molar-refractivity contribution in [3.05, 3.63) is 82.0 Å². The standard InChI is InChI=1S/C40H45Cl2N5O6/c1-24(48)20-46-17-18-52-33-19-25(9-10-26(33)21-46)37-36(42)30(15-16-43-37)29-7-6-8-31(35(29)41)32-13-11-27(38(45-32)51-5)22-47(39(50)53-40(2,3)4)23-28-12-14-34(49)44-28/h6-11,13,15-16,19,24,28,48H,12,14,17-18,20-23H2,1-5H3,(H,44,49)/t24?,28-/m0/s1. The number of rotatable bonds is 10. The van der Waals surface area contributed by atoms with Crippen LogP contribution in [0.5, 0.6) is 11.6 Å². The SMILES string of the molecule is COc1nc(-c2cccc(-c3ccnc(-c4ccc5c(c4)OCCN(CC(C)O)C5)c3Cl)c2Cl)ccc1CN(C[C@@H]1CCC(=O)N1)C(=O)OC(C)(C)C. The van der Waals surface area contributed by atoms with Crippen LogP contribution >= 0.6 is 23.2 Å². The van der Waals surface area contributed by atoms with Crippen LogP contribution in [0, 0.1) is 0 Å². The molecule has 53 heavy (non-hydrogen) atoms. The number of fused-ring (bicyclic) bond motifs is 1. The molecule has 1 saturated heterocycles. The van der Waals surface area contributed by atoms with E-state index in [2.05, 4.69) is 15.2 Å². The number of nitrogens with one attached hydrogen (secondary N) is 1. The van der Waals surface area contributed by atoms with Crippen molar-refractivity contribution in [3.8, 4) is 45.3 Å². The summed E-state index contributed by atoms with van der Waals surface area (Å²) in [6.07, 6.45) is 1.85. The first-order chi connectivity index (χ1) is 25.3. The molecule has 2 aromatic heterocycles. The number of hydrogen-bond acceptors (Lipinski definition) is 9. The maximum Gasteiger partial charge on any atom is 0.410 e. The summed E-state index contributed by atoms with van der Waals surface area (Å²) in [4.78, 5) is 38.4. The Morgan fingerprint density at radius 2 is 1.89 bits per heavy atom. The highest BCUT2D eigenvalue weighted by molar-refractivity contribution is 6.39. The number of benzene rings is 2. The number of amides is 2. The summed E-state index contributed by atoms with van der Waals surface area (Å²) in [5.41, 5.74) is 5.06. The number of halogens is 2. The Balaban J connectivity index is 1.27. The van der Waals surface area contributed by atoms with Crippen molar-refractivity contribution >= 4 is 35.2 Å². The van der Waals surface area contributed by atoms with Gasteiger partial charge in [-0.05, 0) is 58.4 Å². The highest BCUT2D eigenvalue weighted by Gasteiger charge is 2.29. The second-order valence-corrected chi connectivity index (χ2v) is 15.2. The number of aliphatic hydroxyl groups is 1. The first kappa shape index (κ1) is 38.3. The minimum Gasteiger partial charge on any atom is -0.492 e. The third kappa shape index (κ3) is 9.21. The molecule has 13 heteroatoms. The minimum atomic E-state index is -0.697. The van der Waals surface area contributed by atoms with Crippen LogP contribution < -0.4 is 14.8 Å². The largest absolute Gasteiger partial charge is 0.492 e. The fraction of sp³-hybridized carbons (Fsp3) is 0.400. The van der Waals surface area contributed by atoms with Crippen molar-refractivity contribution in [1.29, 1.82) is 0 Å². The number of pyridine rings is 2. The zero-order chi connectivity index (χ0) is 37.9. The minimum absolute atomic E-state index is 0.0310. The molecular weight excluding hydrogens is 717 g/mol. The van der Waals surface area contributed by atoms with E-state index >= 15 is 0 Å². The molecule has 2 amide bonds. The molecule has 4 heterocycles.